The number of aliphatic imine (C=N–C) groups is 1. The fourth-order valence-electron chi connectivity index (χ4n) is 2.20. The molecule has 0 aliphatic carbocycles. The molecule has 1 aromatic heterocycles. The van der Waals surface area contributed by atoms with Gasteiger partial charge in [0.15, 0.2) is 0 Å². The smallest absolute Gasteiger partial charge is 0.132 e. The zero-order valence-electron chi connectivity index (χ0n) is 13.6. The number of aromatic nitrogens is 3. The molecule has 0 aliphatic heterocycles. The second-order valence-corrected chi connectivity index (χ2v) is 6.38. The van der Waals surface area contributed by atoms with Crippen LogP contribution in [-0.4, -0.2) is 20.7 Å². The summed E-state index contributed by atoms with van der Waals surface area (Å²) in [6.45, 7) is 6.30. The van der Waals surface area contributed by atoms with E-state index >= 15 is 0 Å². The molecule has 0 aliphatic rings. The van der Waals surface area contributed by atoms with Crippen LogP contribution in [0.4, 0.5) is 5.69 Å². The summed E-state index contributed by atoms with van der Waals surface area (Å²) < 4.78 is 1.87. The molecule has 116 valence electrons. The SMILES string of the molecule is CC(C)(C)n1cc(C(=Nc2ccccc2)c2ccccc2)nn1. The van der Waals surface area contributed by atoms with Crippen LogP contribution in [-0.2, 0) is 5.54 Å². The standard InChI is InChI=1S/C19H20N4/c1-19(2,3)23-14-17(21-22-23)18(15-10-6-4-7-11-15)20-16-12-8-5-9-13-16/h4-14H,1-3H3. The van der Waals surface area contributed by atoms with Crippen LogP contribution >= 0.6 is 0 Å². The second-order valence-electron chi connectivity index (χ2n) is 6.38. The molecule has 23 heavy (non-hydrogen) atoms. The first-order valence-corrected chi connectivity index (χ1v) is 7.66. The molecule has 0 bridgehead atoms. The predicted octanol–water partition coefficient (Wildman–Crippen LogP) is 4.20. The van der Waals surface area contributed by atoms with Crippen LogP contribution in [0, 0.1) is 0 Å². The van der Waals surface area contributed by atoms with Crippen molar-refractivity contribution < 1.29 is 0 Å². The van der Waals surface area contributed by atoms with Crippen molar-refractivity contribution in [1.82, 2.24) is 15.0 Å². The van der Waals surface area contributed by atoms with E-state index < -0.39 is 0 Å². The first kappa shape index (κ1) is 15.2. The van der Waals surface area contributed by atoms with Crippen LogP contribution in [0.2, 0.25) is 0 Å². The number of nitrogens with zero attached hydrogens (tertiary/aromatic N) is 4. The largest absolute Gasteiger partial charge is 0.247 e. The van der Waals surface area contributed by atoms with Gasteiger partial charge in [0, 0.05) is 5.56 Å². The van der Waals surface area contributed by atoms with Crippen molar-refractivity contribution in [3.8, 4) is 0 Å². The molecule has 0 atom stereocenters. The molecule has 4 nitrogen and oxygen atoms in total. The van der Waals surface area contributed by atoms with Gasteiger partial charge in [-0.1, -0.05) is 53.7 Å². The van der Waals surface area contributed by atoms with Crippen LogP contribution in [0.3, 0.4) is 0 Å². The van der Waals surface area contributed by atoms with Crippen LogP contribution in [0.15, 0.2) is 71.9 Å². The van der Waals surface area contributed by atoms with Gasteiger partial charge in [0.1, 0.15) is 11.4 Å². The normalized spacial score (nSPS) is 12.4. The Morgan fingerprint density at radius 2 is 1.52 bits per heavy atom. The molecule has 0 radical (unpaired) electrons. The Labute approximate surface area is 136 Å². The van der Waals surface area contributed by atoms with Gasteiger partial charge in [-0.05, 0) is 32.9 Å². The van der Waals surface area contributed by atoms with Gasteiger partial charge in [0.2, 0.25) is 0 Å². The minimum Gasteiger partial charge on any atom is -0.247 e. The third-order valence-electron chi connectivity index (χ3n) is 3.47. The third-order valence-corrected chi connectivity index (χ3v) is 3.47. The maximum atomic E-state index is 4.80. The maximum absolute atomic E-state index is 4.80. The lowest BCUT2D eigenvalue weighted by Crippen LogP contribution is -2.22. The van der Waals surface area contributed by atoms with Gasteiger partial charge in [-0.3, -0.25) is 0 Å². The molecular formula is C19H20N4. The molecule has 0 fully saturated rings. The van der Waals surface area contributed by atoms with Crippen molar-refractivity contribution in [3.05, 3.63) is 78.1 Å². The van der Waals surface area contributed by atoms with Crippen molar-refractivity contribution in [1.29, 1.82) is 0 Å². The van der Waals surface area contributed by atoms with Crippen molar-refractivity contribution in [2.24, 2.45) is 4.99 Å². The van der Waals surface area contributed by atoms with Crippen molar-refractivity contribution in [3.63, 3.8) is 0 Å². The molecule has 3 aromatic rings. The number of hydrogen-bond acceptors (Lipinski definition) is 3. The highest BCUT2D eigenvalue weighted by Gasteiger charge is 2.18. The quantitative estimate of drug-likeness (QED) is 0.681. The lowest BCUT2D eigenvalue weighted by atomic mass is 10.1. The summed E-state index contributed by atoms with van der Waals surface area (Å²) in [6.07, 6.45) is 1.95. The van der Waals surface area contributed by atoms with Gasteiger partial charge in [-0.2, -0.15) is 0 Å². The van der Waals surface area contributed by atoms with Gasteiger partial charge >= 0.3 is 0 Å². The van der Waals surface area contributed by atoms with E-state index in [2.05, 4.69) is 31.1 Å². The van der Waals surface area contributed by atoms with Crippen LogP contribution in [0.25, 0.3) is 0 Å². The molecule has 0 spiro atoms. The predicted molar refractivity (Wildman–Crippen MR) is 93.2 cm³/mol. The Hall–Kier alpha value is -2.75. The Morgan fingerprint density at radius 1 is 0.913 bits per heavy atom. The fraction of sp³-hybridized carbons (Fsp3) is 0.211. The van der Waals surface area contributed by atoms with Gasteiger partial charge in [-0.15, -0.1) is 5.10 Å². The van der Waals surface area contributed by atoms with Crippen LogP contribution < -0.4 is 0 Å². The molecule has 3 rings (SSSR count). The van der Waals surface area contributed by atoms with E-state index in [1.165, 1.54) is 0 Å². The molecule has 0 amide bonds. The van der Waals surface area contributed by atoms with Gasteiger partial charge < -0.3 is 0 Å². The average Bonchev–Trinajstić information content (AvgIpc) is 3.04. The number of hydrogen-bond donors (Lipinski definition) is 0. The summed E-state index contributed by atoms with van der Waals surface area (Å²) in [7, 11) is 0. The lowest BCUT2D eigenvalue weighted by Gasteiger charge is -2.17. The van der Waals surface area contributed by atoms with Crippen LogP contribution in [0.1, 0.15) is 32.0 Å². The number of para-hydroxylation sites is 1. The summed E-state index contributed by atoms with van der Waals surface area (Å²) in [4.78, 5) is 4.80. The molecule has 1 heterocycles. The summed E-state index contributed by atoms with van der Waals surface area (Å²) in [5.74, 6) is 0. The minimum atomic E-state index is -0.111. The van der Waals surface area contributed by atoms with Crippen LogP contribution in [0.5, 0.6) is 0 Å². The molecule has 0 N–H and O–H groups in total. The van der Waals surface area contributed by atoms with E-state index in [-0.39, 0.29) is 5.54 Å². The lowest BCUT2D eigenvalue weighted by molar-refractivity contribution is 0.347. The van der Waals surface area contributed by atoms with Crippen molar-refractivity contribution in [2.45, 2.75) is 26.3 Å². The van der Waals surface area contributed by atoms with Crippen molar-refractivity contribution in [2.75, 3.05) is 0 Å². The molecular weight excluding hydrogens is 284 g/mol. The second kappa shape index (κ2) is 6.16. The zero-order valence-corrected chi connectivity index (χ0v) is 13.6. The Balaban J connectivity index is 2.10. The van der Waals surface area contributed by atoms with Gasteiger partial charge in [-0.25, -0.2) is 9.67 Å². The molecule has 0 unspecified atom stereocenters. The van der Waals surface area contributed by atoms with E-state index in [0.29, 0.717) is 0 Å². The van der Waals surface area contributed by atoms with Gasteiger partial charge in [0.05, 0.1) is 17.4 Å². The topological polar surface area (TPSA) is 43.1 Å². The molecule has 0 saturated carbocycles. The molecule has 4 heteroatoms. The van der Waals surface area contributed by atoms with Crippen molar-refractivity contribution >= 4 is 11.4 Å². The minimum absolute atomic E-state index is 0.111. The highest BCUT2D eigenvalue weighted by Crippen LogP contribution is 2.18. The molecule has 2 aromatic carbocycles. The highest BCUT2D eigenvalue weighted by molar-refractivity contribution is 6.12. The first-order chi connectivity index (χ1) is 11.0. The summed E-state index contributed by atoms with van der Waals surface area (Å²) in [6, 6.07) is 20.0. The van der Waals surface area contributed by atoms with E-state index in [1.807, 2.05) is 71.5 Å². The Morgan fingerprint density at radius 3 is 2.09 bits per heavy atom. The number of rotatable bonds is 3. The summed E-state index contributed by atoms with van der Waals surface area (Å²) in [5.41, 5.74) is 3.41. The van der Waals surface area contributed by atoms with E-state index in [9.17, 15) is 0 Å². The molecule has 0 saturated heterocycles. The Bertz CT molecular complexity index is 796. The monoisotopic (exact) mass is 304 g/mol. The summed E-state index contributed by atoms with van der Waals surface area (Å²) >= 11 is 0. The maximum Gasteiger partial charge on any atom is 0.132 e. The Kier molecular flexibility index (Phi) is 4.06. The van der Waals surface area contributed by atoms with Gasteiger partial charge in [0.25, 0.3) is 0 Å². The van der Waals surface area contributed by atoms with E-state index in [4.69, 9.17) is 4.99 Å². The van der Waals surface area contributed by atoms with E-state index in [0.717, 1.165) is 22.7 Å². The third kappa shape index (κ3) is 3.54. The fourth-order valence-corrected chi connectivity index (χ4v) is 2.20. The number of benzene rings is 2. The highest BCUT2D eigenvalue weighted by atomic mass is 15.4. The average molecular weight is 304 g/mol. The zero-order chi connectivity index (χ0) is 16.3. The summed E-state index contributed by atoms with van der Waals surface area (Å²) in [5, 5.41) is 8.60. The van der Waals surface area contributed by atoms with E-state index in [1.54, 1.807) is 0 Å². The first-order valence-electron chi connectivity index (χ1n) is 7.66.